The molecule has 0 aromatic heterocycles. The molecule has 1 saturated carbocycles. The van der Waals surface area contributed by atoms with Crippen LogP contribution in [0.3, 0.4) is 0 Å². The summed E-state index contributed by atoms with van der Waals surface area (Å²) in [7, 11) is 0. The third kappa shape index (κ3) is 2.71. The highest BCUT2D eigenvalue weighted by Gasteiger charge is 2.41. The topological polar surface area (TPSA) is 46.3 Å². The van der Waals surface area contributed by atoms with Gasteiger partial charge in [0.1, 0.15) is 0 Å². The largest absolute Gasteiger partial charge is 0.341 e. The summed E-state index contributed by atoms with van der Waals surface area (Å²) >= 11 is 0. The molecule has 2 rings (SSSR count). The van der Waals surface area contributed by atoms with E-state index in [0.29, 0.717) is 11.8 Å². The molecule has 4 unspecified atom stereocenters. The summed E-state index contributed by atoms with van der Waals surface area (Å²) in [5.41, 5.74) is 5.84. The van der Waals surface area contributed by atoms with E-state index in [9.17, 15) is 4.79 Å². The van der Waals surface area contributed by atoms with Gasteiger partial charge >= 0.3 is 0 Å². The number of nitrogens with two attached hydrogens (primary N) is 1. The number of carbonyl (C=O) groups is 1. The molecule has 1 aliphatic heterocycles. The van der Waals surface area contributed by atoms with Crippen molar-refractivity contribution in [2.45, 2.75) is 58.4 Å². The number of hydrogen-bond acceptors (Lipinski definition) is 2. The SMILES string of the molecule is CC1CCCC(N)(C(=O)N2CCC(C)C(C)C2)C1. The Morgan fingerprint density at radius 2 is 1.94 bits per heavy atom. The van der Waals surface area contributed by atoms with Crippen LogP contribution in [0, 0.1) is 17.8 Å². The molecule has 0 aromatic carbocycles. The molecule has 18 heavy (non-hydrogen) atoms. The van der Waals surface area contributed by atoms with Crippen LogP contribution in [-0.2, 0) is 4.79 Å². The Hall–Kier alpha value is -0.570. The minimum Gasteiger partial charge on any atom is -0.341 e. The van der Waals surface area contributed by atoms with Gasteiger partial charge in [0.05, 0.1) is 5.54 Å². The van der Waals surface area contributed by atoms with Crippen LogP contribution in [0.15, 0.2) is 0 Å². The lowest BCUT2D eigenvalue weighted by Gasteiger charge is -2.43. The Morgan fingerprint density at radius 3 is 2.56 bits per heavy atom. The average molecular weight is 252 g/mol. The zero-order chi connectivity index (χ0) is 13.3. The Morgan fingerprint density at radius 1 is 1.22 bits per heavy atom. The minimum absolute atomic E-state index is 0.216. The molecule has 0 radical (unpaired) electrons. The Bertz CT molecular complexity index is 318. The molecule has 4 atom stereocenters. The number of hydrogen-bond donors (Lipinski definition) is 1. The maximum absolute atomic E-state index is 12.7. The number of nitrogens with zero attached hydrogens (tertiary/aromatic N) is 1. The first-order valence-corrected chi connectivity index (χ1v) is 7.50. The molecule has 1 amide bonds. The van der Waals surface area contributed by atoms with Crippen LogP contribution in [0.4, 0.5) is 0 Å². The zero-order valence-electron chi connectivity index (χ0n) is 12.1. The van der Waals surface area contributed by atoms with Gasteiger partial charge in [-0.3, -0.25) is 4.79 Å². The van der Waals surface area contributed by atoms with Gasteiger partial charge in [-0.15, -0.1) is 0 Å². The standard InChI is InChI=1S/C15H28N2O/c1-11-5-4-7-15(16,9-11)14(18)17-8-6-12(2)13(3)10-17/h11-13H,4-10,16H2,1-3H3. The van der Waals surface area contributed by atoms with Crippen LogP contribution in [0.25, 0.3) is 0 Å². The van der Waals surface area contributed by atoms with Gasteiger partial charge in [0.25, 0.3) is 0 Å². The van der Waals surface area contributed by atoms with Gasteiger partial charge in [-0.2, -0.15) is 0 Å². The molecular formula is C15H28N2O. The van der Waals surface area contributed by atoms with Crippen molar-refractivity contribution in [3.8, 4) is 0 Å². The minimum atomic E-state index is -0.571. The fourth-order valence-corrected chi connectivity index (χ4v) is 3.55. The molecule has 0 bridgehead atoms. The molecule has 104 valence electrons. The second-order valence-electron chi connectivity index (χ2n) is 6.85. The number of rotatable bonds is 1. The summed E-state index contributed by atoms with van der Waals surface area (Å²) < 4.78 is 0. The summed E-state index contributed by atoms with van der Waals surface area (Å²) in [4.78, 5) is 14.7. The highest BCUT2D eigenvalue weighted by atomic mass is 16.2. The van der Waals surface area contributed by atoms with E-state index in [0.717, 1.165) is 44.7 Å². The van der Waals surface area contributed by atoms with Crippen molar-refractivity contribution in [3.63, 3.8) is 0 Å². The van der Waals surface area contributed by atoms with Crippen molar-refractivity contribution < 1.29 is 4.79 Å². The first-order chi connectivity index (χ1) is 8.42. The Kier molecular flexibility index (Phi) is 4.00. The third-order valence-electron chi connectivity index (χ3n) is 5.08. The van der Waals surface area contributed by atoms with Crippen LogP contribution in [0.1, 0.15) is 52.9 Å². The predicted molar refractivity (Wildman–Crippen MR) is 74.1 cm³/mol. The first-order valence-electron chi connectivity index (χ1n) is 7.50. The fourth-order valence-electron chi connectivity index (χ4n) is 3.55. The van der Waals surface area contributed by atoms with E-state index in [1.807, 2.05) is 4.90 Å². The van der Waals surface area contributed by atoms with E-state index in [-0.39, 0.29) is 5.91 Å². The molecule has 1 aliphatic carbocycles. The van der Waals surface area contributed by atoms with E-state index in [1.54, 1.807) is 0 Å². The zero-order valence-corrected chi connectivity index (χ0v) is 12.1. The lowest BCUT2D eigenvalue weighted by Crippen LogP contribution is -2.59. The molecule has 3 nitrogen and oxygen atoms in total. The van der Waals surface area contributed by atoms with E-state index in [4.69, 9.17) is 5.73 Å². The van der Waals surface area contributed by atoms with Gasteiger partial charge in [-0.1, -0.05) is 33.6 Å². The first kappa shape index (κ1) is 13.9. The second-order valence-corrected chi connectivity index (χ2v) is 6.85. The summed E-state index contributed by atoms with van der Waals surface area (Å²) in [6, 6.07) is 0. The maximum Gasteiger partial charge on any atom is 0.242 e. The van der Waals surface area contributed by atoms with Crippen molar-refractivity contribution in [1.29, 1.82) is 0 Å². The molecule has 2 fully saturated rings. The van der Waals surface area contributed by atoms with Crippen LogP contribution in [0.5, 0.6) is 0 Å². The van der Waals surface area contributed by atoms with Gasteiger partial charge < -0.3 is 10.6 Å². The molecular weight excluding hydrogens is 224 g/mol. The fraction of sp³-hybridized carbons (Fsp3) is 0.933. The van der Waals surface area contributed by atoms with Crippen molar-refractivity contribution in [1.82, 2.24) is 4.90 Å². The average Bonchev–Trinajstić information content (AvgIpc) is 2.31. The number of carbonyl (C=O) groups excluding carboxylic acids is 1. The molecule has 3 heteroatoms. The second kappa shape index (κ2) is 5.20. The van der Waals surface area contributed by atoms with Gasteiger partial charge in [0, 0.05) is 13.1 Å². The summed E-state index contributed by atoms with van der Waals surface area (Å²) in [5.74, 6) is 2.14. The van der Waals surface area contributed by atoms with Gasteiger partial charge in [-0.25, -0.2) is 0 Å². The maximum atomic E-state index is 12.7. The highest BCUT2D eigenvalue weighted by molar-refractivity contribution is 5.86. The van der Waals surface area contributed by atoms with Gasteiger partial charge in [-0.05, 0) is 37.0 Å². The molecule has 0 spiro atoms. The van der Waals surface area contributed by atoms with E-state index >= 15 is 0 Å². The van der Waals surface area contributed by atoms with Crippen LogP contribution < -0.4 is 5.73 Å². The summed E-state index contributed by atoms with van der Waals surface area (Å²) in [6.45, 7) is 8.55. The van der Waals surface area contributed by atoms with Crippen molar-refractivity contribution >= 4 is 5.91 Å². The molecule has 2 N–H and O–H groups in total. The monoisotopic (exact) mass is 252 g/mol. The lowest BCUT2D eigenvalue weighted by molar-refractivity contribution is -0.141. The normalized spacial score (nSPS) is 41.8. The Labute approximate surface area is 111 Å². The summed E-state index contributed by atoms with van der Waals surface area (Å²) in [6.07, 6.45) is 5.18. The lowest BCUT2D eigenvalue weighted by atomic mass is 9.75. The van der Waals surface area contributed by atoms with Crippen molar-refractivity contribution in [2.24, 2.45) is 23.5 Å². The molecule has 1 saturated heterocycles. The van der Waals surface area contributed by atoms with E-state index in [2.05, 4.69) is 20.8 Å². The number of likely N-dealkylation sites (tertiary alicyclic amines) is 1. The number of amides is 1. The molecule has 1 heterocycles. The predicted octanol–water partition coefficient (Wildman–Crippen LogP) is 2.40. The third-order valence-corrected chi connectivity index (χ3v) is 5.08. The Balaban J connectivity index is 2.02. The highest BCUT2D eigenvalue weighted by Crippen LogP contribution is 2.33. The van der Waals surface area contributed by atoms with Crippen molar-refractivity contribution in [3.05, 3.63) is 0 Å². The van der Waals surface area contributed by atoms with Gasteiger partial charge in [0.2, 0.25) is 5.91 Å². The van der Waals surface area contributed by atoms with Crippen LogP contribution >= 0.6 is 0 Å². The van der Waals surface area contributed by atoms with E-state index in [1.165, 1.54) is 6.42 Å². The molecule has 2 aliphatic rings. The number of piperidine rings is 1. The van der Waals surface area contributed by atoms with E-state index < -0.39 is 5.54 Å². The smallest absolute Gasteiger partial charge is 0.242 e. The molecule has 0 aromatic rings. The van der Waals surface area contributed by atoms with Crippen LogP contribution in [-0.4, -0.2) is 29.4 Å². The quantitative estimate of drug-likeness (QED) is 0.779. The summed E-state index contributed by atoms with van der Waals surface area (Å²) in [5, 5.41) is 0. The van der Waals surface area contributed by atoms with Crippen LogP contribution in [0.2, 0.25) is 0 Å². The van der Waals surface area contributed by atoms with Crippen molar-refractivity contribution in [2.75, 3.05) is 13.1 Å². The van der Waals surface area contributed by atoms with Gasteiger partial charge in [0.15, 0.2) is 0 Å².